The number of aromatic nitrogens is 3. The van der Waals surface area contributed by atoms with E-state index in [-0.39, 0.29) is 17.6 Å². The van der Waals surface area contributed by atoms with Gasteiger partial charge in [0.1, 0.15) is 11.6 Å². The molecule has 5 rings (SSSR count). The number of hydrogen-bond donors (Lipinski definition) is 2. The lowest BCUT2D eigenvalue weighted by molar-refractivity contribution is 0.100. The first-order valence-electron chi connectivity index (χ1n) is 15.0. The number of aryl methyl sites for hydroxylation is 5. The standard InChI is InChI=1S/C35H41FN4O2/c1-6-30-32(23(4)38-39-30)33-29(36)17-16-28-27(34(24(5)41)40(35(28)33)18-8-10-22(3)37)12-9-19-42-31-13-7-11-25-20-21(2)14-15-26(25)31/h7,11,13-17,20,22H,6,8-10,12,18-19,37H2,1-5H3,(H,38,39). The van der Waals surface area contributed by atoms with Crippen LogP contribution in [0.4, 0.5) is 4.39 Å². The first-order valence-corrected chi connectivity index (χ1v) is 15.0. The summed E-state index contributed by atoms with van der Waals surface area (Å²) in [6.07, 6.45) is 3.59. The van der Waals surface area contributed by atoms with Gasteiger partial charge in [0.05, 0.1) is 23.5 Å². The molecular formula is C35H41FN4O2. The van der Waals surface area contributed by atoms with Crippen LogP contribution < -0.4 is 10.5 Å². The smallest absolute Gasteiger partial charge is 0.176 e. The highest BCUT2D eigenvalue weighted by Gasteiger charge is 2.27. The van der Waals surface area contributed by atoms with Crippen molar-refractivity contribution in [2.24, 2.45) is 5.73 Å². The molecule has 0 spiro atoms. The molecule has 0 aliphatic rings. The van der Waals surface area contributed by atoms with Crippen molar-refractivity contribution in [3.63, 3.8) is 0 Å². The topological polar surface area (TPSA) is 85.9 Å². The molecule has 6 nitrogen and oxygen atoms in total. The second-order valence-corrected chi connectivity index (χ2v) is 11.4. The molecule has 2 aromatic heterocycles. The Balaban J connectivity index is 1.55. The largest absolute Gasteiger partial charge is 0.493 e. The molecule has 5 aromatic rings. The molecule has 0 bridgehead atoms. The highest BCUT2D eigenvalue weighted by Crippen LogP contribution is 2.40. The molecule has 1 unspecified atom stereocenters. The summed E-state index contributed by atoms with van der Waals surface area (Å²) in [4.78, 5) is 13.3. The minimum absolute atomic E-state index is 0.0293. The SMILES string of the molecule is CCc1n[nH]c(C)c1-c1c(F)ccc2c(CCCOc3cccc4cc(C)ccc34)c(C(C)=O)n(CCCC(C)N)c12. The quantitative estimate of drug-likeness (QED) is 0.119. The summed E-state index contributed by atoms with van der Waals surface area (Å²) in [5.41, 5.74) is 12.5. The summed E-state index contributed by atoms with van der Waals surface area (Å²) >= 11 is 0. The zero-order valence-corrected chi connectivity index (χ0v) is 25.3. The third-order valence-electron chi connectivity index (χ3n) is 8.08. The fraction of sp³-hybridized carbons (Fsp3) is 0.371. The molecule has 0 amide bonds. The zero-order valence-electron chi connectivity index (χ0n) is 25.3. The second-order valence-electron chi connectivity index (χ2n) is 11.4. The molecule has 0 fully saturated rings. The van der Waals surface area contributed by atoms with Crippen LogP contribution in [-0.2, 0) is 19.4 Å². The van der Waals surface area contributed by atoms with Crippen molar-refractivity contribution in [3.8, 4) is 16.9 Å². The Morgan fingerprint density at radius 2 is 1.88 bits per heavy atom. The van der Waals surface area contributed by atoms with Crippen molar-refractivity contribution in [1.29, 1.82) is 0 Å². The fourth-order valence-corrected chi connectivity index (χ4v) is 6.18. The maximum atomic E-state index is 15.8. The molecule has 0 radical (unpaired) electrons. The number of rotatable bonds is 12. The van der Waals surface area contributed by atoms with Crippen LogP contribution in [0.2, 0.25) is 0 Å². The molecule has 7 heteroatoms. The molecule has 42 heavy (non-hydrogen) atoms. The van der Waals surface area contributed by atoms with Gasteiger partial charge in [0.15, 0.2) is 5.78 Å². The number of fused-ring (bicyclic) bond motifs is 2. The summed E-state index contributed by atoms with van der Waals surface area (Å²) in [5, 5.41) is 10.6. The minimum atomic E-state index is -0.316. The normalized spacial score (nSPS) is 12.4. The van der Waals surface area contributed by atoms with E-state index in [9.17, 15) is 4.79 Å². The number of halogens is 1. The van der Waals surface area contributed by atoms with Gasteiger partial charge < -0.3 is 15.0 Å². The van der Waals surface area contributed by atoms with Gasteiger partial charge in [-0.25, -0.2) is 4.39 Å². The molecule has 0 aliphatic heterocycles. The Bertz CT molecular complexity index is 1750. The van der Waals surface area contributed by atoms with Crippen molar-refractivity contribution in [2.45, 2.75) is 79.3 Å². The van der Waals surface area contributed by atoms with E-state index in [4.69, 9.17) is 10.5 Å². The number of benzene rings is 3. The number of aromatic amines is 1. The van der Waals surface area contributed by atoms with Crippen LogP contribution >= 0.6 is 0 Å². The average molecular weight is 569 g/mol. The van der Waals surface area contributed by atoms with Gasteiger partial charge in [-0.1, -0.05) is 42.8 Å². The number of carbonyl (C=O) groups excluding carboxylic acids is 1. The molecule has 0 aliphatic carbocycles. The Labute approximate surface area is 247 Å². The Kier molecular flexibility index (Phi) is 8.78. The van der Waals surface area contributed by atoms with Crippen molar-refractivity contribution >= 4 is 27.5 Å². The van der Waals surface area contributed by atoms with Crippen LogP contribution in [0.5, 0.6) is 5.75 Å². The number of nitrogens with zero attached hydrogens (tertiary/aromatic N) is 2. The van der Waals surface area contributed by atoms with Crippen molar-refractivity contribution in [1.82, 2.24) is 14.8 Å². The van der Waals surface area contributed by atoms with E-state index in [1.54, 1.807) is 6.92 Å². The number of ether oxygens (including phenoxy) is 1. The van der Waals surface area contributed by atoms with Crippen LogP contribution in [0.1, 0.15) is 73.0 Å². The predicted octanol–water partition coefficient (Wildman–Crippen LogP) is 7.84. The minimum Gasteiger partial charge on any atom is -0.493 e. The van der Waals surface area contributed by atoms with Crippen molar-refractivity contribution < 1.29 is 13.9 Å². The fourth-order valence-electron chi connectivity index (χ4n) is 6.18. The van der Waals surface area contributed by atoms with E-state index in [0.29, 0.717) is 43.7 Å². The third-order valence-corrected chi connectivity index (χ3v) is 8.08. The Morgan fingerprint density at radius 1 is 1.10 bits per heavy atom. The van der Waals surface area contributed by atoms with E-state index in [0.717, 1.165) is 62.8 Å². The van der Waals surface area contributed by atoms with E-state index >= 15 is 4.39 Å². The van der Waals surface area contributed by atoms with Gasteiger partial charge in [-0.15, -0.1) is 0 Å². The first-order chi connectivity index (χ1) is 20.2. The van der Waals surface area contributed by atoms with E-state index in [1.165, 1.54) is 11.6 Å². The van der Waals surface area contributed by atoms with Crippen LogP contribution in [0.25, 0.3) is 32.8 Å². The van der Waals surface area contributed by atoms with Crippen LogP contribution in [0.15, 0.2) is 48.5 Å². The lowest BCUT2D eigenvalue weighted by atomic mass is 9.97. The highest BCUT2D eigenvalue weighted by atomic mass is 19.1. The summed E-state index contributed by atoms with van der Waals surface area (Å²) in [5.74, 6) is 0.506. The Morgan fingerprint density at radius 3 is 2.62 bits per heavy atom. The molecule has 0 saturated heterocycles. The molecule has 2 heterocycles. The number of H-pyrrole nitrogens is 1. The number of hydrogen-bond acceptors (Lipinski definition) is 4. The van der Waals surface area contributed by atoms with Gasteiger partial charge in [0, 0.05) is 47.1 Å². The highest BCUT2D eigenvalue weighted by molar-refractivity contribution is 6.06. The zero-order chi connectivity index (χ0) is 30.0. The maximum Gasteiger partial charge on any atom is 0.176 e. The number of nitrogens with one attached hydrogen (secondary N) is 1. The van der Waals surface area contributed by atoms with Crippen LogP contribution in [0.3, 0.4) is 0 Å². The van der Waals surface area contributed by atoms with Gasteiger partial charge in [-0.05, 0) is 82.0 Å². The number of Topliss-reactive ketones (excluding diaryl/α,β-unsaturated/α-hetero) is 1. The Hall–Kier alpha value is -3.97. The third kappa shape index (κ3) is 5.71. The van der Waals surface area contributed by atoms with Gasteiger partial charge in [-0.2, -0.15) is 5.10 Å². The van der Waals surface area contributed by atoms with E-state index in [2.05, 4.69) is 41.4 Å². The summed E-state index contributed by atoms with van der Waals surface area (Å²) < 4.78 is 24.1. The molecule has 3 aromatic carbocycles. The maximum absolute atomic E-state index is 15.8. The van der Waals surface area contributed by atoms with Gasteiger partial charge in [0.25, 0.3) is 0 Å². The lowest BCUT2D eigenvalue weighted by Crippen LogP contribution is -2.16. The van der Waals surface area contributed by atoms with Crippen molar-refractivity contribution in [2.75, 3.05) is 6.61 Å². The average Bonchev–Trinajstić information content (AvgIpc) is 3.47. The monoisotopic (exact) mass is 568 g/mol. The first kappa shape index (κ1) is 29.5. The van der Waals surface area contributed by atoms with E-state index in [1.807, 2.05) is 43.5 Å². The lowest BCUT2D eigenvalue weighted by Gasteiger charge is -2.14. The molecule has 3 N–H and O–H groups in total. The molecule has 1 atom stereocenters. The van der Waals surface area contributed by atoms with Crippen LogP contribution in [0, 0.1) is 19.7 Å². The number of nitrogens with two attached hydrogens (primary N) is 1. The summed E-state index contributed by atoms with van der Waals surface area (Å²) in [6, 6.07) is 15.8. The number of ketones is 1. The molecular weight excluding hydrogens is 527 g/mol. The summed E-state index contributed by atoms with van der Waals surface area (Å²) in [7, 11) is 0. The predicted molar refractivity (Wildman–Crippen MR) is 169 cm³/mol. The van der Waals surface area contributed by atoms with Crippen LogP contribution in [-0.4, -0.2) is 33.2 Å². The van der Waals surface area contributed by atoms with Crippen molar-refractivity contribution in [3.05, 3.63) is 82.6 Å². The van der Waals surface area contributed by atoms with Gasteiger partial charge >= 0.3 is 0 Å². The van der Waals surface area contributed by atoms with E-state index < -0.39 is 0 Å². The molecule has 220 valence electrons. The van der Waals surface area contributed by atoms with Gasteiger partial charge in [0.2, 0.25) is 0 Å². The summed E-state index contributed by atoms with van der Waals surface area (Å²) in [6.45, 7) is 10.7. The number of carbonyl (C=O) groups is 1. The second kappa shape index (κ2) is 12.5. The van der Waals surface area contributed by atoms with Gasteiger partial charge in [-0.3, -0.25) is 9.89 Å². The molecule has 0 saturated carbocycles.